The molecule has 0 atom stereocenters. The average Bonchev–Trinajstić information content (AvgIpc) is 2.30. The van der Waals surface area contributed by atoms with Gasteiger partial charge in [-0.2, -0.15) is 0 Å². The summed E-state index contributed by atoms with van der Waals surface area (Å²) in [5.74, 6) is 6.41. The lowest BCUT2D eigenvalue weighted by Crippen LogP contribution is -1.86. The molecule has 2 nitrogen and oxygen atoms in total. The van der Waals surface area contributed by atoms with Gasteiger partial charge in [0.05, 0.1) is 4.47 Å². The first-order valence-electron chi connectivity index (χ1n) is 4.39. The monoisotopic (exact) mass is 258 g/mol. The summed E-state index contributed by atoms with van der Waals surface area (Å²) in [6.07, 6.45) is 3.37. The molecular formula is C12H7BrN2. The molecule has 0 radical (unpaired) electrons. The van der Waals surface area contributed by atoms with Gasteiger partial charge in [-0.3, -0.25) is 0 Å². The molecule has 0 aliphatic carbocycles. The zero-order valence-electron chi connectivity index (χ0n) is 7.81. The Balaban J connectivity index is 2.22. The van der Waals surface area contributed by atoms with Crippen molar-refractivity contribution in [3.8, 4) is 11.8 Å². The highest BCUT2D eigenvalue weighted by Gasteiger charge is 1.90. The predicted molar refractivity (Wildman–Crippen MR) is 62.2 cm³/mol. The van der Waals surface area contributed by atoms with E-state index < -0.39 is 0 Å². The van der Waals surface area contributed by atoms with Crippen LogP contribution in [0.2, 0.25) is 0 Å². The van der Waals surface area contributed by atoms with Crippen LogP contribution in [0.5, 0.6) is 0 Å². The van der Waals surface area contributed by atoms with Gasteiger partial charge in [-0.25, -0.2) is 9.97 Å². The van der Waals surface area contributed by atoms with Crippen LogP contribution in [-0.4, -0.2) is 9.97 Å². The molecule has 0 aliphatic heterocycles. The number of halogens is 1. The van der Waals surface area contributed by atoms with Crippen molar-refractivity contribution in [2.75, 3.05) is 0 Å². The third kappa shape index (κ3) is 2.90. The molecule has 3 heteroatoms. The largest absolute Gasteiger partial charge is 0.228 e. The van der Waals surface area contributed by atoms with Gasteiger partial charge in [-0.05, 0) is 34.0 Å². The van der Waals surface area contributed by atoms with Crippen molar-refractivity contribution >= 4 is 15.9 Å². The molecule has 0 fully saturated rings. The Labute approximate surface area is 96.5 Å². The van der Waals surface area contributed by atoms with E-state index in [2.05, 4.69) is 37.7 Å². The third-order valence-electron chi connectivity index (χ3n) is 1.71. The number of benzene rings is 1. The fraction of sp³-hybridized carbons (Fsp3) is 0. The topological polar surface area (TPSA) is 25.8 Å². The number of aromatic nitrogens is 2. The third-order valence-corrected chi connectivity index (χ3v) is 2.12. The average molecular weight is 259 g/mol. The van der Waals surface area contributed by atoms with Gasteiger partial charge in [0.15, 0.2) is 0 Å². The zero-order chi connectivity index (χ0) is 10.5. The minimum Gasteiger partial charge on any atom is -0.228 e. The minimum atomic E-state index is 0.530. The van der Waals surface area contributed by atoms with Crippen LogP contribution in [0.4, 0.5) is 0 Å². The summed E-state index contributed by atoms with van der Waals surface area (Å²) in [6.45, 7) is 0. The van der Waals surface area contributed by atoms with Gasteiger partial charge in [0, 0.05) is 18.0 Å². The van der Waals surface area contributed by atoms with E-state index in [-0.39, 0.29) is 0 Å². The van der Waals surface area contributed by atoms with Gasteiger partial charge >= 0.3 is 0 Å². The molecule has 0 bridgehead atoms. The van der Waals surface area contributed by atoms with Crippen LogP contribution in [0.15, 0.2) is 47.2 Å². The fourth-order valence-electron chi connectivity index (χ4n) is 1.03. The normalized spacial score (nSPS) is 9.13. The molecule has 72 valence electrons. The molecule has 1 aromatic carbocycles. The van der Waals surface area contributed by atoms with Crippen LogP contribution >= 0.6 is 15.9 Å². The highest BCUT2D eigenvalue weighted by atomic mass is 79.9. The van der Waals surface area contributed by atoms with Crippen molar-refractivity contribution in [3.63, 3.8) is 0 Å². The molecule has 0 aliphatic rings. The highest BCUT2D eigenvalue weighted by Crippen LogP contribution is 2.03. The van der Waals surface area contributed by atoms with Gasteiger partial charge in [0.25, 0.3) is 0 Å². The van der Waals surface area contributed by atoms with Crippen molar-refractivity contribution in [3.05, 3.63) is 58.6 Å². The Morgan fingerprint density at radius 1 is 0.933 bits per heavy atom. The van der Waals surface area contributed by atoms with E-state index in [1.54, 1.807) is 12.4 Å². The van der Waals surface area contributed by atoms with Gasteiger partial charge in [0.1, 0.15) is 0 Å². The maximum absolute atomic E-state index is 4.06. The van der Waals surface area contributed by atoms with Gasteiger partial charge < -0.3 is 0 Å². The highest BCUT2D eigenvalue weighted by molar-refractivity contribution is 9.10. The summed E-state index contributed by atoms with van der Waals surface area (Å²) in [4.78, 5) is 8.12. The number of nitrogens with zero attached hydrogens (tertiary/aromatic N) is 2. The first-order chi connectivity index (χ1) is 7.34. The van der Waals surface area contributed by atoms with E-state index in [0.29, 0.717) is 5.82 Å². The Morgan fingerprint density at radius 3 is 2.27 bits per heavy atom. The number of rotatable bonds is 0. The van der Waals surface area contributed by atoms with Crippen LogP contribution in [-0.2, 0) is 0 Å². The SMILES string of the molecule is Brc1cnc(C#Cc2ccccc2)nc1. The second-order valence-electron chi connectivity index (χ2n) is 2.84. The molecular weight excluding hydrogens is 252 g/mol. The van der Waals surface area contributed by atoms with Crippen molar-refractivity contribution in [2.45, 2.75) is 0 Å². The fourth-order valence-corrected chi connectivity index (χ4v) is 1.23. The summed E-state index contributed by atoms with van der Waals surface area (Å²) >= 11 is 3.27. The zero-order valence-corrected chi connectivity index (χ0v) is 9.40. The van der Waals surface area contributed by atoms with Crippen molar-refractivity contribution in [1.29, 1.82) is 0 Å². The predicted octanol–water partition coefficient (Wildman–Crippen LogP) is 2.64. The van der Waals surface area contributed by atoms with E-state index in [0.717, 1.165) is 10.0 Å². The molecule has 15 heavy (non-hydrogen) atoms. The van der Waals surface area contributed by atoms with Crippen molar-refractivity contribution in [1.82, 2.24) is 9.97 Å². The second kappa shape index (κ2) is 4.72. The van der Waals surface area contributed by atoms with E-state index >= 15 is 0 Å². The molecule has 1 aromatic heterocycles. The first-order valence-corrected chi connectivity index (χ1v) is 5.18. The molecule has 1 heterocycles. The maximum Gasteiger partial charge on any atom is 0.205 e. The Kier molecular flexibility index (Phi) is 3.11. The summed E-state index contributed by atoms with van der Waals surface area (Å²) < 4.78 is 0.854. The summed E-state index contributed by atoms with van der Waals surface area (Å²) in [5.41, 5.74) is 0.962. The van der Waals surface area contributed by atoms with Crippen LogP contribution in [0, 0.1) is 11.8 Å². The molecule has 0 saturated heterocycles. The Morgan fingerprint density at radius 2 is 1.60 bits per heavy atom. The molecule has 0 saturated carbocycles. The molecule has 0 spiro atoms. The summed E-state index contributed by atoms with van der Waals surface area (Å²) in [7, 11) is 0. The van der Waals surface area contributed by atoms with Crippen LogP contribution in [0.25, 0.3) is 0 Å². The van der Waals surface area contributed by atoms with Gasteiger partial charge in [-0.15, -0.1) is 0 Å². The van der Waals surface area contributed by atoms with Crippen LogP contribution < -0.4 is 0 Å². The molecule has 2 rings (SSSR count). The Hall–Kier alpha value is -1.66. The van der Waals surface area contributed by atoms with E-state index in [1.165, 1.54) is 0 Å². The molecule has 0 amide bonds. The first kappa shape index (κ1) is 9.88. The van der Waals surface area contributed by atoms with E-state index in [1.807, 2.05) is 30.3 Å². The molecule has 0 unspecified atom stereocenters. The van der Waals surface area contributed by atoms with Crippen LogP contribution in [0.1, 0.15) is 11.4 Å². The minimum absolute atomic E-state index is 0.530. The molecule has 0 N–H and O–H groups in total. The smallest absolute Gasteiger partial charge is 0.205 e. The second-order valence-corrected chi connectivity index (χ2v) is 3.76. The van der Waals surface area contributed by atoms with E-state index in [9.17, 15) is 0 Å². The summed E-state index contributed by atoms with van der Waals surface area (Å²) in [6, 6.07) is 9.76. The van der Waals surface area contributed by atoms with Crippen LogP contribution in [0.3, 0.4) is 0 Å². The number of hydrogen-bond acceptors (Lipinski definition) is 2. The Bertz CT molecular complexity index is 495. The standard InChI is InChI=1S/C12H7BrN2/c13-11-8-14-12(15-9-11)7-6-10-4-2-1-3-5-10/h1-5,8-9H. The lowest BCUT2D eigenvalue weighted by atomic mass is 10.2. The van der Waals surface area contributed by atoms with Gasteiger partial charge in [0.2, 0.25) is 5.82 Å². The van der Waals surface area contributed by atoms with Gasteiger partial charge in [-0.1, -0.05) is 24.1 Å². The summed E-state index contributed by atoms with van der Waals surface area (Å²) in [5, 5.41) is 0. The van der Waals surface area contributed by atoms with Crippen molar-refractivity contribution in [2.24, 2.45) is 0 Å². The van der Waals surface area contributed by atoms with E-state index in [4.69, 9.17) is 0 Å². The molecule has 2 aromatic rings. The quantitative estimate of drug-likeness (QED) is 0.680. The maximum atomic E-state index is 4.06. The number of hydrogen-bond donors (Lipinski definition) is 0. The van der Waals surface area contributed by atoms with Crippen molar-refractivity contribution < 1.29 is 0 Å². The lowest BCUT2D eigenvalue weighted by Gasteiger charge is -1.89. The lowest BCUT2D eigenvalue weighted by molar-refractivity contribution is 1.11.